The van der Waals surface area contributed by atoms with Crippen LogP contribution in [0.5, 0.6) is 0 Å². The van der Waals surface area contributed by atoms with Crippen LogP contribution in [0.2, 0.25) is 0 Å². The minimum absolute atomic E-state index is 0.0439. The number of likely N-dealkylation sites (N-methyl/N-ethyl adjacent to an activating group) is 1. The fourth-order valence-corrected chi connectivity index (χ4v) is 2.85. The summed E-state index contributed by atoms with van der Waals surface area (Å²) in [5.74, 6) is 0.0439. The molecule has 1 amide bonds. The number of nitrogens with zero attached hydrogens (tertiary/aromatic N) is 1. The van der Waals surface area contributed by atoms with Crippen molar-refractivity contribution in [3.05, 3.63) is 59.2 Å². The molecule has 0 fully saturated rings. The van der Waals surface area contributed by atoms with E-state index in [1.165, 1.54) is 11.3 Å². The Hall–Kier alpha value is -2.33. The number of hydrogen-bond acceptors (Lipinski definition) is 2. The third-order valence-corrected chi connectivity index (χ3v) is 3.93. The molecular formula is C20H28N3O+. The quantitative estimate of drug-likeness (QED) is 0.852. The Bertz CT molecular complexity index is 672. The molecule has 0 spiro atoms. The van der Waals surface area contributed by atoms with Gasteiger partial charge >= 0.3 is 0 Å². The molecule has 2 rings (SSSR count). The molecule has 4 nitrogen and oxygen atoms in total. The van der Waals surface area contributed by atoms with Gasteiger partial charge in [-0.05, 0) is 49.2 Å². The van der Waals surface area contributed by atoms with Crippen molar-refractivity contribution in [3.8, 4) is 0 Å². The second kappa shape index (κ2) is 7.97. The summed E-state index contributed by atoms with van der Waals surface area (Å²) in [6.45, 7) is 5.35. The van der Waals surface area contributed by atoms with Crippen molar-refractivity contribution in [3.63, 3.8) is 0 Å². The highest BCUT2D eigenvalue weighted by Gasteiger charge is 2.11. The number of carbonyl (C=O) groups is 1. The molecule has 1 unspecified atom stereocenters. The molecule has 4 heteroatoms. The maximum Gasteiger partial charge on any atom is 0.279 e. The highest BCUT2D eigenvalue weighted by Crippen LogP contribution is 2.13. The van der Waals surface area contributed by atoms with Crippen LogP contribution in [0.25, 0.3) is 0 Å². The van der Waals surface area contributed by atoms with E-state index in [0.717, 1.165) is 28.3 Å². The molecular weight excluding hydrogens is 298 g/mol. The Morgan fingerprint density at radius 1 is 1.04 bits per heavy atom. The Balaban J connectivity index is 1.89. The Morgan fingerprint density at radius 2 is 1.62 bits per heavy atom. The molecule has 0 aliphatic carbocycles. The molecule has 24 heavy (non-hydrogen) atoms. The summed E-state index contributed by atoms with van der Waals surface area (Å²) < 4.78 is 0. The first-order valence-corrected chi connectivity index (χ1v) is 8.29. The smallest absolute Gasteiger partial charge is 0.279 e. The maximum absolute atomic E-state index is 12.2. The molecule has 0 saturated heterocycles. The van der Waals surface area contributed by atoms with Gasteiger partial charge in [-0.2, -0.15) is 0 Å². The van der Waals surface area contributed by atoms with Crippen LogP contribution in [-0.2, 0) is 11.3 Å². The molecule has 0 heterocycles. The van der Waals surface area contributed by atoms with Gasteiger partial charge in [0.1, 0.15) is 6.54 Å². The summed E-state index contributed by atoms with van der Waals surface area (Å²) in [7, 11) is 6.11. The summed E-state index contributed by atoms with van der Waals surface area (Å²) >= 11 is 0. The summed E-state index contributed by atoms with van der Waals surface area (Å²) in [6, 6.07) is 14.6. The minimum atomic E-state index is 0.0439. The minimum Gasteiger partial charge on any atom is -0.378 e. The molecule has 0 saturated carbocycles. The molecule has 2 aromatic rings. The number of carbonyl (C=O) groups excluding carboxylic acids is 1. The van der Waals surface area contributed by atoms with E-state index in [9.17, 15) is 4.79 Å². The zero-order chi connectivity index (χ0) is 17.7. The van der Waals surface area contributed by atoms with Crippen LogP contribution in [0.1, 0.15) is 16.7 Å². The Labute approximate surface area is 145 Å². The lowest BCUT2D eigenvalue weighted by Crippen LogP contribution is -3.08. The standard InChI is InChI=1S/C20H27N3O/c1-15-10-16(2)12-18(11-15)21-20(24)14-23(5)13-17-6-8-19(9-7-17)22(3)4/h6-12H,13-14H2,1-5H3,(H,21,24)/p+1. The van der Waals surface area contributed by atoms with Gasteiger partial charge in [-0.3, -0.25) is 4.79 Å². The van der Waals surface area contributed by atoms with E-state index in [2.05, 4.69) is 40.5 Å². The number of quaternary nitrogens is 1. The monoisotopic (exact) mass is 326 g/mol. The number of nitrogens with one attached hydrogen (secondary N) is 2. The lowest BCUT2D eigenvalue weighted by Gasteiger charge is -2.16. The van der Waals surface area contributed by atoms with E-state index in [4.69, 9.17) is 0 Å². The first-order chi connectivity index (χ1) is 11.3. The fraction of sp³-hybridized carbons (Fsp3) is 0.350. The third-order valence-electron chi connectivity index (χ3n) is 3.93. The predicted molar refractivity (Wildman–Crippen MR) is 101 cm³/mol. The SMILES string of the molecule is Cc1cc(C)cc(NC(=O)C[NH+](C)Cc2ccc(N(C)C)cc2)c1. The van der Waals surface area contributed by atoms with Crippen LogP contribution in [0.4, 0.5) is 11.4 Å². The van der Waals surface area contributed by atoms with Crippen LogP contribution in [0.3, 0.4) is 0 Å². The second-order valence-electron chi connectivity index (χ2n) is 6.80. The lowest BCUT2D eigenvalue weighted by atomic mass is 10.1. The molecule has 0 bridgehead atoms. The largest absolute Gasteiger partial charge is 0.378 e. The van der Waals surface area contributed by atoms with E-state index in [0.29, 0.717) is 6.54 Å². The fourth-order valence-electron chi connectivity index (χ4n) is 2.85. The third kappa shape index (κ3) is 5.39. The first-order valence-electron chi connectivity index (χ1n) is 8.29. The van der Waals surface area contributed by atoms with Gasteiger partial charge in [0.05, 0.1) is 7.05 Å². The molecule has 0 aliphatic rings. The van der Waals surface area contributed by atoms with Crippen molar-refractivity contribution in [1.29, 1.82) is 0 Å². The number of aryl methyl sites for hydroxylation is 2. The number of amides is 1. The molecule has 0 radical (unpaired) electrons. The van der Waals surface area contributed by atoms with E-state index in [1.54, 1.807) is 0 Å². The predicted octanol–water partition coefficient (Wildman–Crippen LogP) is 2.02. The number of benzene rings is 2. The van der Waals surface area contributed by atoms with Gasteiger partial charge in [0.15, 0.2) is 6.54 Å². The van der Waals surface area contributed by atoms with Crippen LogP contribution in [0, 0.1) is 13.8 Å². The molecule has 0 aliphatic heterocycles. The summed E-state index contributed by atoms with van der Waals surface area (Å²) in [6.07, 6.45) is 0. The van der Waals surface area contributed by atoms with E-state index >= 15 is 0 Å². The van der Waals surface area contributed by atoms with Gasteiger partial charge < -0.3 is 15.1 Å². The van der Waals surface area contributed by atoms with Gasteiger partial charge in [-0.1, -0.05) is 18.2 Å². The van der Waals surface area contributed by atoms with Gasteiger partial charge in [0.25, 0.3) is 5.91 Å². The Kier molecular flexibility index (Phi) is 5.99. The van der Waals surface area contributed by atoms with Crippen molar-refractivity contribution in [2.45, 2.75) is 20.4 Å². The first kappa shape index (κ1) is 18.0. The molecule has 2 N–H and O–H groups in total. The Morgan fingerprint density at radius 3 is 2.17 bits per heavy atom. The topological polar surface area (TPSA) is 36.8 Å². The van der Waals surface area contributed by atoms with Crippen molar-refractivity contribution in [1.82, 2.24) is 0 Å². The average Bonchev–Trinajstić information content (AvgIpc) is 2.46. The lowest BCUT2D eigenvalue weighted by molar-refractivity contribution is -0.885. The van der Waals surface area contributed by atoms with Crippen LogP contribution in [0.15, 0.2) is 42.5 Å². The summed E-state index contributed by atoms with van der Waals surface area (Å²) in [4.78, 5) is 15.5. The van der Waals surface area contributed by atoms with Gasteiger partial charge in [0, 0.05) is 31.0 Å². The van der Waals surface area contributed by atoms with Gasteiger partial charge in [-0.15, -0.1) is 0 Å². The second-order valence-corrected chi connectivity index (χ2v) is 6.80. The number of rotatable bonds is 6. The van der Waals surface area contributed by atoms with Gasteiger partial charge in [0.2, 0.25) is 0 Å². The average molecular weight is 326 g/mol. The number of anilines is 2. The highest BCUT2D eigenvalue weighted by atomic mass is 16.2. The normalized spacial score (nSPS) is 11.9. The van der Waals surface area contributed by atoms with Gasteiger partial charge in [-0.25, -0.2) is 0 Å². The molecule has 2 aromatic carbocycles. The zero-order valence-corrected chi connectivity index (χ0v) is 15.3. The highest BCUT2D eigenvalue weighted by molar-refractivity contribution is 5.91. The van der Waals surface area contributed by atoms with Crippen molar-refractivity contribution in [2.75, 3.05) is 37.9 Å². The van der Waals surface area contributed by atoms with Crippen molar-refractivity contribution in [2.24, 2.45) is 0 Å². The molecule has 128 valence electrons. The van der Waals surface area contributed by atoms with E-state index < -0.39 is 0 Å². The van der Waals surface area contributed by atoms with Crippen LogP contribution >= 0.6 is 0 Å². The zero-order valence-electron chi connectivity index (χ0n) is 15.3. The number of hydrogen-bond donors (Lipinski definition) is 2. The van der Waals surface area contributed by atoms with Crippen LogP contribution in [-0.4, -0.2) is 33.6 Å². The summed E-state index contributed by atoms with van der Waals surface area (Å²) in [5.41, 5.74) is 5.61. The van der Waals surface area contributed by atoms with E-state index in [1.807, 2.05) is 47.1 Å². The molecule has 0 aromatic heterocycles. The summed E-state index contributed by atoms with van der Waals surface area (Å²) in [5, 5.41) is 3.00. The van der Waals surface area contributed by atoms with Crippen molar-refractivity contribution >= 4 is 17.3 Å². The maximum atomic E-state index is 12.2. The van der Waals surface area contributed by atoms with Crippen LogP contribution < -0.4 is 15.1 Å². The molecule has 1 atom stereocenters. The van der Waals surface area contributed by atoms with Crippen molar-refractivity contribution < 1.29 is 9.69 Å². The van der Waals surface area contributed by atoms with E-state index in [-0.39, 0.29) is 5.91 Å².